The molecular weight excluding hydrogens is 447 g/mol. The number of anilines is 1. The lowest BCUT2D eigenvalue weighted by Crippen LogP contribution is -2.21. The van der Waals surface area contributed by atoms with Crippen LogP contribution in [0.4, 0.5) is 10.1 Å². The van der Waals surface area contributed by atoms with Crippen LogP contribution in [0.2, 0.25) is 5.02 Å². The lowest BCUT2D eigenvalue weighted by atomic mass is 10.0. The number of rotatable bonds is 6. The fraction of sp³-hybridized carbons (Fsp3) is 0.0800. The van der Waals surface area contributed by atoms with Gasteiger partial charge in [0.1, 0.15) is 11.6 Å². The topological polar surface area (TPSA) is 77.5 Å². The van der Waals surface area contributed by atoms with Crippen LogP contribution in [0.5, 0.6) is 5.75 Å². The van der Waals surface area contributed by atoms with Crippen LogP contribution >= 0.6 is 11.6 Å². The molecule has 8 heteroatoms. The van der Waals surface area contributed by atoms with Crippen molar-refractivity contribution >= 4 is 40.1 Å². The number of esters is 1. The van der Waals surface area contributed by atoms with Gasteiger partial charge in [0.05, 0.1) is 28.9 Å². The number of carbonyl (C=O) groups excluding carboxylic acids is 2. The summed E-state index contributed by atoms with van der Waals surface area (Å²) in [5.41, 5.74) is 2.39. The van der Waals surface area contributed by atoms with E-state index in [1.54, 1.807) is 54.6 Å². The van der Waals surface area contributed by atoms with Gasteiger partial charge in [-0.2, -0.15) is 0 Å². The summed E-state index contributed by atoms with van der Waals surface area (Å²) in [6.07, 6.45) is 0. The summed E-state index contributed by atoms with van der Waals surface area (Å²) in [5, 5.41) is 3.53. The minimum absolute atomic E-state index is 0.250. The molecule has 4 rings (SSSR count). The zero-order valence-electron chi connectivity index (χ0n) is 17.5. The van der Waals surface area contributed by atoms with Gasteiger partial charge in [-0.15, -0.1) is 0 Å². The monoisotopic (exact) mass is 464 g/mol. The Labute approximate surface area is 193 Å². The Morgan fingerprint density at radius 3 is 2.52 bits per heavy atom. The summed E-state index contributed by atoms with van der Waals surface area (Å²) in [5.74, 6) is -1.10. The number of carbonyl (C=O) groups is 2. The van der Waals surface area contributed by atoms with Gasteiger partial charge in [-0.3, -0.25) is 4.79 Å². The van der Waals surface area contributed by atoms with E-state index >= 15 is 0 Å². The largest absolute Gasteiger partial charge is 0.495 e. The number of halogens is 2. The summed E-state index contributed by atoms with van der Waals surface area (Å²) < 4.78 is 23.6. The number of fused-ring (bicyclic) bond motifs is 1. The van der Waals surface area contributed by atoms with Crippen LogP contribution in [0.1, 0.15) is 10.4 Å². The molecule has 0 radical (unpaired) electrons. The maximum absolute atomic E-state index is 13.3. The molecule has 0 spiro atoms. The van der Waals surface area contributed by atoms with E-state index in [4.69, 9.17) is 21.1 Å². The molecule has 6 nitrogen and oxygen atoms in total. The van der Waals surface area contributed by atoms with Crippen molar-refractivity contribution in [3.8, 4) is 17.0 Å². The number of para-hydroxylation sites is 1. The predicted octanol–water partition coefficient (Wildman–Crippen LogP) is 5.50. The molecule has 0 saturated heterocycles. The number of hydrogen-bond acceptors (Lipinski definition) is 5. The van der Waals surface area contributed by atoms with Crippen LogP contribution < -0.4 is 10.1 Å². The number of hydrogen-bond donors (Lipinski definition) is 1. The molecule has 0 aliphatic carbocycles. The fourth-order valence-corrected chi connectivity index (χ4v) is 3.52. The minimum Gasteiger partial charge on any atom is -0.495 e. The maximum Gasteiger partial charge on any atom is 0.339 e. The Kier molecular flexibility index (Phi) is 6.51. The lowest BCUT2D eigenvalue weighted by Gasteiger charge is -2.11. The van der Waals surface area contributed by atoms with Crippen molar-refractivity contribution in [2.75, 3.05) is 19.0 Å². The molecule has 4 aromatic rings. The van der Waals surface area contributed by atoms with E-state index in [0.717, 1.165) is 0 Å². The molecule has 0 unspecified atom stereocenters. The van der Waals surface area contributed by atoms with Gasteiger partial charge in [-0.05, 0) is 54.6 Å². The third-order valence-electron chi connectivity index (χ3n) is 4.85. The van der Waals surface area contributed by atoms with Crippen LogP contribution in [0.25, 0.3) is 22.2 Å². The molecule has 0 aliphatic heterocycles. The van der Waals surface area contributed by atoms with Crippen molar-refractivity contribution in [1.82, 2.24) is 4.98 Å². The molecule has 0 atom stereocenters. The molecule has 3 aromatic carbocycles. The van der Waals surface area contributed by atoms with Crippen LogP contribution in [-0.2, 0) is 9.53 Å². The molecular formula is C25H18ClFN2O4. The summed E-state index contributed by atoms with van der Waals surface area (Å²) in [7, 11) is 1.49. The van der Waals surface area contributed by atoms with Crippen LogP contribution in [-0.4, -0.2) is 30.6 Å². The fourth-order valence-electron chi connectivity index (χ4n) is 3.26. The zero-order chi connectivity index (χ0) is 23.4. The van der Waals surface area contributed by atoms with Crippen molar-refractivity contribution < 1.29 is 23.5 Å². The number of pyridine rings is 1. The van der Waals surface area contributed by atoms with Crippen molar-refractivity contribution in [2.24, 2.45) is 0 Å². The molecule has 0 aliphatic rings. The molecule has 166 valence electrons. The second kappa shape index (κ2) is 9.67. The van der Waals surface area contributed by atoms with Crippen LogP contribution in [0, 0.1) is 5.82 Å². The highest BCUT2D eigenvalue weighted by molar-refractivity contribution is 6.32. The molecule has 1 N–H and O–H groups in total. The van der Waals surface area contributed by atoms with E-state index in [1.165, 1.54) is 25.3 Å². The van der Waals surface area contributed by atoms with E-state index in [9.17, 15) is 14.0 Å². The van der Waals surface area contributed by atoms with Crippen LogP contribution in [0.15, 0.2) is 72.8 Å². The van der Waals surface area contributed by atoms with Crippen molar-refractivity contribution in [3.05, 3.63) is 89.2 Å². The van der Waals surface area contributed by atoms with Crippen molar-refractivity contribution in [3.63, 3.8) is 0 Å². The molecule has 0 fully saturated rings. The summed E-state index contributed by atoms with van der Waals surface area (Å²) in [4.78, 5) is 29.7. The number of ether oxygens (including phenoxy) is 2. The standard InChI is InChI=1S/C25H18ClFN2O4/c1-32-23-11-10-17(12-20(23)26)28-24(30)14-33-25(31)19-13-22(15-6-8-16(27)9-7-15)29-21-5-3-2-4-18(19)21/h2-13H,14H2,1H3,(H,28,30). The predicted molar refractivity (Wildman–Crippen MR) is 124 cm³/mol. The molecule has 0 bridgehead atoms. The quantitative estimate of drug-likeness (QED) is 0.381. The van der Waals surface area contributed by atoms with Gasteiger partial charge in [0.15, 0.2) is 6.61 Å². The van der Waals surface area contributed by atoms with E-state index in [-0.39, 0.29) is 11.4 Å². The molecule has 1 amide bonds. The average Bonchev–Trinajstić information content (AvgIpc) is 2.82. The Hall–Kier alpha value is -3.97. The van der Waals surface area contributed by atoms with Crippen molar-refractivity contribution in [1.29, 1.82) is 0 Å². The smallest absolute Gasteiger partial charge is 0.339 e. The first-order chi connectivity index (χ1) is 15.9. The van der Waals surface area contributed by atoms with Gasteiger partial charge in [-0.25, -0.2) is 14.2 Å². The zero-order valence-corrected chi connectivity index (χ0v) is 18.2. The Bertz CT molecular complexity index is 1340. The van der Waals surface area contributed by atoms with Gasteiger partial charge in [0.25, 0.3) is 5.91 Å². The SMILES string of the molecule is COc1ccc(NC(=O)COC(=O)c2cc(-c3ccc(F)cc3)nc3ccccc23)cc1Cl. The van der Waals surface area contributed by atoms with Crippen LogP contribution in [0.3, 0.4) is 0 Å². The highest BCUT2D eigenvalue weighted by Gasteiger charge is 2.17. The van der Waals surface area contributed by atoms with E-state index in [2.05, 4.69) is 10.3 Å². The molecule has 1 heterocycles. The average molecular weight is 465 g/mol. The van der Waals surface area contributed by atoms with Gasteiger partial charge < -0.3 is 14.8 Å². The van der Waals surface area contributed by atoms with Gasteiger partial charge in [0, 0.05) is 16.6 Å². The third-order valence-corrected chi connectivity index (χ3v) is 5.14. The second-order valence-electron chi connectivity index (χ2n) is 7.05. The van der Waals surface area contributed by atoms with Gasteiger partial charge in [-0.1, -0.05) is 29.8 Å². The Balaban J connectivity index is 1.53. The van der Waals surface area contributed by atoms with E-state index in [1.807, 2.05) is 0 Å². The van der Waals surface area contributed by atoms with E-state index < -0.39 is 18.5 Å². The number of amides is 1. The lowest BCUT2D eigenvalue weighted by molar-refractivity contribution is -0.119. The Morgan fingerprint density at radius 1 is 1.03 bits per heavy atom. The summed E-state index contributed by atoms with van der Waals surface area (Å²) in [6.45, 7) is -0.495. The Morgan fingerprint density at radius 2 is 1.79 bits per heavy atom. The summed E-state index contributed by atoms with van der Waals surface area (Å²) in [6, 6.07) is 19.2. The molecule has 33 heavy (non-hydrogen) atoms. The number of nitrogens with one attached hydrogen (secondary N) is 1. The number of aromatic nitrogens is 1. The minimum atomic E-state index is -0.681. The third kappa shape index (κ3) is 5.10. The van der Waals surface area contributed by atoms with E-state index in [0.29, 0.717) is 38.6 Å². The first-order valence-electron chi connectivity index (χ1n) is 9.91. The second-order valence-corrected chi connectivity index (χ2v) is 7.46. The van der Waals surface area contributed by atoms with Gasteiger partial charge >= 0.3 is 5.97 Å². The molecule has 1 aromatic heterocycles. The number of nitrogens with zero attached hydrogens (tertiary/aromatic N) is 1. The highest BCUT2D eigenvalue weighted by Crippen LogP contribution is 2.28. The number of methoxy groups -OCH3 is 1. The normalized spacial score (nSPS) is 10.6. The van der Waals surface area contributed by atoms with Gasteiger partial charge in [0.2, 0.25) is 0 Å². The summed E-state index contributed by atoms with van der Waals surface area (Å²) >= 11 is 6.06. The first-order valence-corrected chi connectivity index (χ1v) is 10.3. The highest BCUT2D eigenvalue weighted by atomic mass is 35.5. The van der Waals surface area contributed by atoms with Crippen molar-refractivity contribution in [2.45, 2.75) is 0 Å². The molecule has 0 saturated carbocycles. The maximum atomic E-state index is 13.3. The number of benzene rings is 3. The first kappa shape index (κ1) is 22.2.